The van der Waals surface area contributed by atoms with Crippen LogP contribution in [0.3, 0.4) is 0 Å². The molecule has 0 aliphatic heterocycles. The van der Waals surface area contributed by atoms with E-state index in [0.29, 0.717) is 24.3 Å². The molecule has 1 amide bonds. The molecule has 2 aromatic rings. The van der Waals surface area contributed by atoms with Crippen LogP contribution in [-0.2, 0) is 6.54 Å². The van der Waals surface area contributed by atoms with E-state index in [2.05, 4.69) is 4.98 Å². The van der Waals surface area contributed by atoms with Gasteiger partial charge in [0.15, 0.2) is 0 Å². The lowest BCUT2D eigenvalue weighted by molar-refractivity contribution is 0.0752. The first-order valence-corrected chi connectivity index (χ1v) is 6.43. The van der Waals surface area contributed by atoms with Crippen molar-refractivity contribution in [2.75, 3.05) is 12.3 Å². The number of para-hydroxylation sites is 1. The van der Waals surface area contributed by atoms with E-state index in [0.717, 1.165) is 5.56 Å². The van der Waals surface area contributed by atoms with Gasteiger partial charge in [-0.05, 0) is 24.6 Å². The van der Waals surface area contributed by atoms with Crippen LogP contribution in [0.2, 0.25) is 0 Å². The lowest BCUT2D eigenvalue weighted by Crippen LogP contribution is -2.31. The molecular formula is C15H17N3O2. The van der Waals surface area contributed by atoms with Gasteiger partial charge in [-0.1, -0.05) is 18.2 Å². The summed E-state index contributed by atoms with van der Waals surface area (Å²) in [5.41, 5.74) is 7.54. The largest absolute Gasteiger partial charge is 0.398 e. The van der Waals surface area contributed by atoms with Gasteiger partial charge < -0.3 is 15.6 Å². The molecule has 20 heavy (non-hydrogen) atoms. The fourth-order valence-electron chi connectivity index (χ4n) is 1.97. The lowest BCUT2D eigenvalue weighted by atomic mass is 10.1. The summed E-state index contributed by atoms with van der Waals surface area (Å²) in [5, 5.41) is 0. The molecule has 0 atom stereocenters. The van der Waals surface area contributed by atoms with Crippen molar-refractivity contribution in [1.29, 1.82) is 0 Å². The molecule has 0 unspecified atom stereocenters. The Bertz CT molecular complexity index is 664. The van der Waals surface area contributed by atoms with Crippen molar-refractivity contribution in [3.8, 4) is 0 Å². The number of nitrogens with one attached hydrogen (secondary N) is 1. The van der Waals surface area contributed by atoms with E-state index in [4.69, 9.17) is 5.73 Å². The topological polar surface area (TPSA) is 79.2 Å². The number of nitrogens with two attached hydrogens (primary N) is 1. The van der Waals surface area contributed by atoms with Crippen molar-refractivity contribution in [1.82, 2.24) is 9.88 Å². The monoisotopic (exact) mass is 271 g/mol. The average Bonchev–Trinajstić information content (AvgIpc) is 2.46. The Kier molecular flexibility index (Phi) is 4.20. The highest BCUT2D eigenvalue weighted by atomic mass is 16.2. The summed E-state index contributed by atoms with van der Waals surface area (Å²) < 4.78 is 0. The molecule has 1 aromatic heterocycles. The Labute approximate surface area is 117 Å². The van der Waals surface area contributed by atoms with Gasteiger partial charge in [-0.15, -0.1) is 0 Å². The molecule has 0 aliphatic rings. The molecule has 1 heterocycles. The molecule has 0 spiro atoms. The number of H-pyrrole nitrogens is 1. The number of pyridine rings is 1. The molecule has 5 heteroatoms. The van der Waals surface area contributed by atoms with Crippen molar-refractivity contribution in [3.63, 3.8) is 0 Å². The maximum absolute atomic E-state index is 12.4. The molecule has 0 aliphatic carbocycles. The second-order valence-corrected chi connectivity index (χ2v) is 4.46. The van der Waals surface area contributed by atoms with E-state index in [-0.39, 0.29) is 11.5 Å². The highest BCUT2D eigenvalue weighted by Crippen LogP contribution is 2.14. The minimum Gasteiger partial charge on any atom is -0.398 e. The third-order valence-corrected chi connectivity index (χ3v) is 3.11. The SMILES string of the molecule is CCN(Cc1ccccc1N)C(=O)c1cc[nH]c(=O)c1. The second-order valence-electron chi connectivity index (χ2n) is 4.46. The fraction of sp³-hybridized carbons (Fsp3) is 0.200. The van der Waals surface area contributed by atoms with Crippen LogP contribution in [0.5, 0.6) is 0 Å². The Morgan fingerprint density at radius 1 is 1.30 bits per heavy atom. The Balaban J connectivity index is 2.22. The van der Waals surface area contributed by atoms with Crippen LogP contribution in [-0.4, -0.2) is 22.3 Å². The van der Waals surface area contributed by atoms with Crippen molar-refractivity contribution >= 4 is 11.6 Å². The molecule has 0 fully saturated rings. The average molecular weight is 271 g/mol. The van der Waals surface area contributed by atoms with Crippen molar-refractivity contribution in [3.05, 3.63) is 64.1 Å². The molecule has 3 N–H and O–H groups in total. The van der Waals surface area contributed by atoms with E-state index in [1.807, 2.05) is 25.1 Å². The summed E-state index contributed by atoms with van der Waals surface area (Å²) in [7, 11) is 0. The molecule has 0 bridgehead atoms. The number of aromatic nitrogens is 1. The van der Waals surface area contributed by atoms with E-state index in [1.54, 1.807) is 17.0 Å². The van der Waals surface area contributed by atoms with Gasteiger partial charge in [-0.25, -0.2) is 0 Å². The Morgan fingerprint density at radius 3 is 2.70 bits per heavy atom. The molecular weight excluding hydrogens is 254 g/mol. The van der Waals surface area contributed by atoms with E-state index < -0.39 is 0 Å². The summed E-state index contributed by atoms with van der Waals surface area (Å²) in [4.78, 5) is 27.8. The van der Waals surface area contributed by atoms with Crippen LogP contribution < -0.4 is 11.3 Å². The second kappa shape index (κ2) is 6.06. The standard InChI is InChI=1S/C15H17N3O2/c1-2-18(10-12-5-3-4-6-13(12)16)15(20)11-7-8-17-14(19)9-11/h3-9H,2,10,16H2,1H3,(H,17,19). The van der Waals surface area contributed by atoms with Gasteiger partial charge >= 0.3 is 0 Å². The minimum absolute atomic E-state index is 0.179. The van der Waals surface area contributed by atoms with Gasteiger partial charge in [0.25, 0.3) is 5.91 Å². The number of rotatable bonds is 4. The molecule has 0 saturated heterocycles. The zero-order valence-corrected chi connectivity index (χ0v) is 11.3. The summed E-state index contributed by atoms with van der Waals surface area (Å²) in [6, 6.07) is 10.3. The smallest absolute Gasteiger partial charge is 0.254 e. The number of hydrogen-bond donors (Lipinski definition) is 2. The fourth-order valence-corrected chi connectivity index (χ4v) is 1.97. The lowest BCUT2D eigenvalue weighted by Gasteiger charge is -2.21. The summed E-state index contributed by atoms with van der Waals surface area (Å²) in [5.74, 6) is -0.179. The first-order chi connectivity index (χ1) is 9.61. The number of anilines is 1. The van der Waals surface area contributed by atoms with Gasteiger partial charge in [0.05, 0.1) is 0 Å². The molecule has 5 nitrogen and oxygen atoms in total. The van der Waals surface area contributed by atoms with E-state index >= 15 is 0 Å². The predicted molar refractivity (Wildman–Crippen MR) is 78.3 cm³/mol. The molecule has 104 valence electrons. The van der Waals surface area contributed by atoms with Gasteiger partial charge in [0.2, 0.25) is 5.56 Å². The number of aromatic amines is 1. The predicted octanol–water partition coefficient (Wildman–Crippen LogP) is 1.62. The van der Waals surface area contributed by atoms with Gasteiger partial charge in [-0.3, -0.25) is 9.59 Å². The summed E-state index contributed by atoms with van der Waals surface area (Å²) in [6.07, 6.45) is 1.47. The Hall–Kier alpha value is -2.56. The van der Waals surface area contributed by atoms with Gasteiger partial charge in [0, 0.05) is 36.6 Å². The van der Waals surface area contributed by atoms with Crippen LogP contribution in [0.15, 0.2) is 47.4 Å². The van der Waals surface area contributed by atoms with Gasteiger partial charge in [-0.2, -0.15) is 0 Å². The third kappa shape index (κ3) is 3.06. The zero-order chi connectivity index (χ0) is 14.5. The molecule has 0 radical (unpaired) electrons. The number of nitrogens with zero attached hydrogens (tertiary/aromatic N) is 1. The third-order valence-electron chi connectivity index (χ3n) is 3.11. The maximum atomic E-state index is 12.4. The van der Waals surface area contributed by atoms with Crippen LogP contribution in [0.4, 0.5) is 5.69 Å². The molecule has 0 saturated carbocycles. The molecule has 1 aromatic carbocycles. The number of carbonyl (C=O) groups is 1. The van der Waals surface area contributed by atoms with Crippen molar-refractivity contribution < 1.29 is 4.79 Å². The highest BCUT2D eigenvalue weighted by molar-refractivity contribution is 5.94. The number of carbonyl (C=O) groups excluding carboxylic acids is 1. The first-order valence-electron chi connectivity index (χ1n) is 6.43. The summed E-state index contributed by atoms with van der Waals surface area (Å²) >= 11 is 0. The number of hydrogen-bond acceptors (Lipinski definition) is 3. The van der Waals surface area contributed by atoms with Crippen LogP contribution in [0, 0.1) is 0 Å². The quantitative estimate of drug-likeness (QED) is 0.829. The van der Waals surface area contributed by atoms with Gasteiger partial charge in [0.1, 0.15) is 0 Å². The van der Waals surface area contributed by atoms with E-state index in [1.165, 1.54) is 12.3 Å². The first kappa shape index (κ1) is 13.9. The highest BCUT2D eigenvalue weighted by Gasteiger charge is 2.15. The zero-order valence-electron chi connectivity index (χ0n) is 11.3. The number of amides is 1. The number of nitrogen functional groups attached to an aromatic ring is 1. The van der Waals surface area contributed by atoms with Crippen molar-refractivity contribution in [2.45, 2.75) is 13.5 Å². The number of benzene rings is 1. The van der Waals surface area contributed by atoms with Crippen LogP contribution >= 0.6 is 0 Å². The van der Waals surface area contributed by atoms with E-state index in [9.17, 15) is 9.59 Å². The Morgan fingerprint density at radius 2 is 2.05 bits per heavy atom. The van der Waals surface area contributed by atoms with Crippen LogP contribution in [0.1, 0.15) is 22.8 Å². The normalized spacial score (nSPS) is 10.2. The summed E-state index contributed by atoms with van der Waals surface area (Å²) in [6.45, 7) is 2.86. The minimum atomic E-state index is -0.286. The van der Waals surface area contributed by atoms with Crippen molar-refractivity contribution in [2.24, 2.45) is 0 Å². The molecule has 2 rings (SSSR count). The van der Waals surface area contributed by atoms with Crippen LogP contribution in [0.25, 0.3) is 0 Å². The maximum Gasteiger partial charge on any atom is 0.254 e.